The van der Waals surface area contributed by atoms with E-state index in [2.05, 4.69) is 47.7 Å². The quantitative estimate of drug-likeness (QED) is 0.415. The lowest BCUT2D eigenvalue weighted by Crippen LogP contribution is -2.38. The van der Waals surface area contributed by atoms with E-state index in [0.717, 1.165) is 58.3 Å². The van der Waals surface area contributed by atoms with Crippen LogP contribution in [0.5, 0.6) is 0 Å². The van der Waals surface area contributed by atoms with Gasteiger partial charge in [0.15, 0.2) is 5.96 Å². The normalized spacial score (nSPS) is 19.9. The van der Waals surface area contributed by atoms with Crippen molar-refractivity contribution in [3.63, 3.8) is 0 Å². The van der Waals surface area contributed by atoms with Crippen LogP contribution < -0.4 is 15.5 Å². The summed E-state index contributed by atoms with van der Waals surface area (Å²) < 4.78 is 11.1. The van der Waals surface area contributed by atoms with Gasteiger partial charge in [0.2, 0.25) is 0 Å². The van der Waals surface area contributed by atoms with E-state index >= 15 is 0 Å². The smallest absolute Gasteiger partial charge is 0.191 e. The Balaban J connectivity index is 1.45. The maximum absolute atomic E-state index is 5.81. The molecule has 1 atom stereocenters. The maximum atomic E-state index is 5.81. The van der Waals surface area contributed by atoms with Gasteiger partial charge < -0.3 is 25.0 Å². The van der Waals surface area contributed by atoms with Crippen LogP contribution in [0.2, 0.25) is 0 Å². The Morgan fingerprint density at radius 2 is 2.30 bits per heavy atom. The van der Waals surface area contributed by atoms with Crippen LogP contribution in [0.1, 0.15) is 37.3 Å². The highest BCUT2D eigenvalue weighted by atomic mass is 16.5. The molecule has 2 heterocycles. The summed E-state index contributed by atoms with van der Waals surface area (Å²) in [6, 6.07) is 6.75. The Morgan fingerprint density at radius 1 is 1.37 bits per heavy atom. The van der Waals surface area contributed by atoms with Gasteiger partial charge in [0, 0.05) is 45.6 Å². The molecule has 0 amide bonds. The average Bonchev–Trinajstić information content (AvgIpc) is 3.19. The third kappa shape index (κ3) is 6.11. The van der Waals surface area contributed by atoms with E-state index in [1.165, 1.54) is 29.7 Å². The highest BCUT2D eigenvalue weighted by Gasteiger charge is 2.15. The van der Waals surface area contributed by atoms with Crippen LogP contribution in [0.3, 0.4) is 0 Å². The fourth-order valence-electron chi connectivity index (χ4n) is 3.62. The molecule has 150 valence electrons. The Labute approximate surface area is 163 Å². The number of hydrogen-bond acceptors (Lipinski definition) is 4. The minimum Gasteiger partial charge on any atom is -0.379 e. The number of anilines is 1. The molecule has 0 aliphatic carbocycles. The molecule has 0 aromatic heterocycles. The van der Waals surface area contributed by atoms with Crippen molar-refractivity contribution in [3.8, 4) is 0 Å². The molecule has 1 unspecified atom stereocenters. The molecule has 27 heavy (non-hydrogen) atoms. The summed E-state index contributed by atoms with van der Waals surface area (Å²) in [5.74, 6) is 0.872. The van der Waals surface area contributed by atoms with Gasteiger partial charge in [-0.2, -0.15) is 0 Å². The molecule has 3 rings (SSSR count). The van der Waals surface area contributed by atoms with Crippen LogP contribution in [0, 0.1) is 0 Å². The van der Waals surface area contributed by atoms with Crippen molar-refractivity contribution in [1.82, 2.24) is 10.6 Å². The molecule has 0 radical (unpaired) electrons. The lowest BCUT2D eigenvalue weighted by Gasteiger charge is -2.27. The third-order valence-corrected chi connectivity index (χ3v) is 5.11. The first-order valence-corrected chi connectivity index (χ1v) is 10.3. The molecule has 0 spiro atoms. The summed E-state index contributed by atoms with van der Waals surface area (Å²) in [5, 5.41) is 6.73. The molecule has 2 N–H and O–H groups in total. The van der Waals surface area contributed by atoms with Crippen LogP contribution in [-0.2, 0) is 22.4 Å². The molecule has 6 nitrogen and oxygen atoms in total. The summed E-state index contributed by atoms with van der Waals surface area (Å²) in [5.41, 5.74) is 4.08. The molecular weight excluding hydrogens is 340 g/mol. The highest BCUT2D eigenvalue weighted by molar-refractivity contribution is 5.79. The second-order valence-corrected chi connectivity index (χ2v) is 7.32. The number of aryl methyl sites for hydroxylation is 1. The predicted molar refractivity (Wildman–Crippen MR) is 111 cm³/mol. The SMILES string of the molecule is CCNC(=NCc1ccc2c(c1)CCCN2C)NCCCOC1CCOC1. The van der Waals surface area contributed by atoms with E-state index in [1.54, 1.807) is 0 Å². The number of fused-ring (bicyclic) bond motifs is 1. The highest BCUT2D eigenvalue weighted by Crippen LogP contribution is 2.26. The van der Waals surface area contributed by atoms with Gasteiger partial charge in [-0.25, -0.2) is 4.99 Å². The Bertz CT molecular complexity index is 614. The third-order valence-electron chi connectivity index (χ3n) is 5.11. The molecule has 6 heteroatoms. The second kappa shape index (κ2) is 10.5. The average molecular weight is 375 g/mol. The van der Waals surface area contributed by atoms with E-state index in [-0.39, 0.29) is 6.10 Å². The van der Waals surface area contributed by atoms with Gasteiger partial charge in [-0.3, -0.25) is 0 Å². The van der Waals surface area contributed by atoms with Gasteiger partial charge >= 0.3 is 0 Å². The first kappa shape index (κ1) is 20.0. The van der Waals surface area contributed by atoms with E-state index < -0.39 is 0 Å². The predicted octanol–water partition coefficient (Wildman–Crippen LogP) is 2.32. The minimum absolute atomic E-state index is 0.287. The Hall–Kier alpha value is -1.79. The molecular formula is C21H34N4O2. The number of hydrogen-bond donors (Lipinski definition) is 2. The van der Waals surface area contributed by atoms with Crippen LogP contribution in [-0.4, -0.2) is 58.6 Å². The number of guanidine groups is 1. The zero-order valence-corrected chi connectivity index (χ0v) is 16.8. The summed E-state index contributed by atoms with van der Waals surface area (Å²) in [7, 11) is 2.17. The molecule has 1 saturated heterocycles. The van der Waals surface area contributed by atoms with Gasteiger partial charge in [0.1, 0.15) is 0 Å². The maximum Gasteiger partial charge on any atom is 0.191 e. The van der Waals surface area contributed by atoms with Crippen LogP contribution >= 0.6 is 0 Å². The van der Waals surface area contributed by atoms with Gasteiger partial charge in [-0.05, 0) is 49.8 Å². The summed E-state index contributed by atoms with van der Waals surface area (Å²) in [6.07, 6.45) is 4.67. The summed E-state index contributed by atoms with van der Waals surface area (Å²) in [6.45, 7) is 7.99. The molecule has 0 saturated carbocycles. The monoisotopic (exact) mass is 374 g/mol. The summed E-state index contributed by atoms with van der Waals surface area (Å²) >= 11 is 0. The fraction of sp³-hybridized carbons (Fsp3) is 0.667. The van der Waals surface area contributed by atoms with E-state index in [1.807, 2.05) is 0 Å². The van der Waals surface area contributed by atoms with Crippen molar-refractivity contribution in [3.05, 3.63) is 29.3 Å². The number of rotatable bonds is 8. The van der Waals surface area contributed by atoms with Crippen molar-refractivity contribution < 1.29 is 9.47 Å². The number of benzene rings is 1. The molecule has 1 fully saturated rings. The van der Waals surface area contributed by atoms with Crippen molar-refractivity contribution in [2.75, 3.05) is 51.4 Å². The number of ether oxygens (including phenoxy) is 2. The topological polar surface area (TPSA) is 58.1 Å². The molecule has 0 bridgehead atoms. The van der Waals surface area contributed by atoms with Crippen molar-refractivity contribution in [2.45, 2.75) is 45.3 Å². The zero-order valence-electron chi connectivity index (χ0n) is 16.8. The van der Waals surface area contributed by atoms with E-state index in [0.29, 0.717) is 6.54 Å². The lowest BCUT2D eigenvalue weighted by atomic mass is 10.00. The van der Waals surface area contributed by atoms with Crippen LogP contribution in [0.15, 0.2) is 23.2 Å². The first-order chi connectivity index (χ1) is 13.3. The zero-order chi connectivity index (χ0) is 18.9. The van der Waals surface area contributed by atoms with Crippen molar-refractivity contribution in [1.29, 1.82) is 0 Å². The number of nitrogens with one attached hydrogen (secondary N) is 2. The number of aliphatic imine (C=N–C) groups is 1. The second-order valence-electron chi connectivity index (χ2n) is 7.32. The van der Waals surface area contributed by atoms with Crippen molar-refractivity contribution in [2.24, 2.45) is 4.99 Å². The Kier molecular flexibility index (Phi) is 7.78. The van der Waals surface area contributed by atoms with Gasteiger partial charge in [-0.15, -0.1) is 0 Å². The van der Waals surface area contributed by atoms with E-state index in [9.17, 15) is 0 Å². The lowest BCUT2D eigenvalue weighted by molar-refractivity contribution is 0.0420. The van der Waals surface area contributed by atoms with Gasteiger partial charge in [0.05, 0.1) is 19.3 Å². The number of nitrogens with zero attached hydrogens (tertiary/aromatic N) is 2. The summed E-state index contributed by atoms with van der Waals surface area (Å²) in [4.78, 5) is 7.09. The standard InChI is InChI=1S/C21H34N4O2/c1-3-22-21(23-10-5-12-27-19-9-13-26-16-19)24-15-17-7-8-20-18(14-17)6-4-11-25(20)2/h7-8,14,19H,3-6,9-13,15-16H2,1-2H3,(H2,22,23,24). The molecule has 1 aromatic rings. The van der Waals surface area contributed by atoms with Crippen molar-refractivity contribution >= 4 is 11.6 Å². The van der Waals surface area contributed by atoms with Gasteiger partial charge in [0.25, 0.3) is 0 Å². The van der Waals surface area contributed by atoms with E-state index in [4.69, 9.17) is 14.5 Å². The fourth-order valence-corrected chi connectivity index (χ4v) is 3.62. The van der Waals surface area contributed by atoms with Crippen LogP contribution in [0.25, 0.3) is 0 Å². The largest absolute Gasteiger partial charge is 0.379 e. The Morgan fingerprint density at radius 3 is 3.11 bits per heavy atom. The first-order valence-electron chi connectivity index (χ1n) is 10.3. The van der Waals surface area contributed by atoms with Gasteiger partial charge in [-0.1, -0.05) is 12.1 Å². The minimum atomic E-state index is 0.287. The van der Waals surface area contributed by atoms with Crippen LogP contribution in [0.4, 0.5) is 5.69 Å². The molecule has 2 aliphatic rings. The molecule has 1 aromatic carbocycles. The molecule has 2 aliphatic heterocycles.